The molecule has 0 saturated heterocycles. The van der Waals surface area contributed by atoms with Gasteiger partial charge in [-0.1, -0.05) is 201 Å². The summed E-state index contributed by atoms with van der Waals surface area (Å²) in [7, 11) is 1.99. The predicted molar refractivity (Wildman–Crippen MR) is 471 cm³/mol. The number of nitrogens with zero attached hydrogens (tertiary/aromatic N) is 15. The Morgan fingerprint density at radius 2 is 1.12 bits per heavy atom. The first-order valence-electron chi connectivity index (χ1n) is 39.6. The minimum Gasteiger partial charge on any atom is -0.330 e. The molecule has 0 radical (unpaired) electrons. The number of aromatic nitrogens is 13. The second-order valence-electron chi connectivity index (χ2n) is 40.6. The quantitative estimate of drug-likeness (QED) is 0.164. The first kappa shape index (κ1) is 102. The van der Waals surface area contributed by atoms with Crippen LogP contribution in [0.3, 0.4) is 0 Å². The molecule has 622 valence electrons. The molecule has 1 aromatic carbocycles. The van der Waals surface area contributed by atoms with E-state index >= 15 is 0 Å². The molecule has 1 aliphatic heterocycles. The Balaban J connectivity index is 0.000000606. The predicted octanol–water partition coefficient (Wildman–Crippen LogP) is 26.8. The molecule has 0 bridgehead atoms. The number of imidazole rings is 1. The van der Waals surface area contributed by atoms with Crippen LogP contribution >= 0.6 is 34.4 Å². The van der Waals surface area contributed by atoms with E-state index in [1.165, 1.54) is 65.1 Å². The highest BCUT2D eigenvalue weighted by atomic mass is 32.1. The van der Waals surface area contributed by atoms with E-state index in [9.17, 15) is 8.78 Å². The van der Waals surface area contributed by atoms with Crippen molar-refractivity contribution in [1.29, 1.82) is 0 Å². The van der Waals surface area contributed by atoms with Crippen LogP contribution in [0.4, 0.5) is 8.78 Å². The molecule has 8 aromatic rings. The fraction of sp³-hybridized carbons (Fsp3) is 0.700. The van der Waals surface area contributed by atoms with Crippen LogP contribution in [0.15, 0.2) is 94.7 Å². The molecule has 3 unspecified atom stereocenters. The van der Waals surface area contributed by atoms with Gasteiger partial charge in [0, 0.05) is 69.0 Å². The Hall–Kier alpha value is -5.99. The number of halogens is 2. The van der Waals surface area contributed by atoms with Gasteiger partial charge in [-0.05, 0) is 252 Å². The lowest BCUT2D eigenvalue weighted by Gasteiger charge is -2.23. The zero-order valence-electron chi connectivity index (χ0n) is 77.7. The Bertz CT molecular complexity index is 3870. The first-order valence-corrected chi connectivity index (χ1v) is 42.0. The van der Waals surface area contributed by atoms with Gasteiger partial charge in [0.25, 0.3) is 0 Å². The summed E-state index contributed by atoms with van der Waals surface area (Å²) in [6.07, 6.45) is 16.4. The van der Waals surface area contributed by atoms with Crippen molar-refractivity contribution < 1.29 is 8.78 Å². The van der Waals surface area contributed by atoms with Crippen LogP contribution < -0.4 is 0 Å². The normalized spacial score (nSPS) is 16.7. The molecule has 0 amide bonds. The average molecular weight is 1580 g/mol. The van der Waals surface area contributed by atoms with Gasteiger partial charge in [-0.25, -0.2) is 32.5 Å². The van der Waals surface area contributed by atoms with Crippen LogP contribution in [0.5, 0.6) is 0 Å². The molecule has 3 aliphatic rings. The maximum absolute atomic E-state index is 13.0. The van der Waals surface area contributed by atoms with Crippen molar-refractivity contribution >= 4 is 34.4 Å². The molecule has 11 rings (SSSR count). The minimum absolute atomic E-state index is 0.0561. The maximum Gasteiger partial charge on any atom is 0.116 e. The number of alkyl halides is 2. The number of azo groups is 1. The summed E-state index contributed by atoms with van der Waals surface area (Å²) in [5.74, 6) is 2.03. The van der Waals surface area contributed by atoms with Crippen molar-refractivity contribution in [2.45, 2.75) is 385 Å². The number of hydrogen-bond acceptors (Lipinski definition) is 14. The topological polar surface area (TPSA) is 160 Å². The van der Waals surface area contributed by atoms with E-state index in [0.717, 1.165) is 42.9 Å². The van der Waals surface area contributed by atoms with Crippen molar-refractivity contribution in [2.24, 2.45) is 39.4 Å². The van der Waals surface area contributed by atoms with Crippen LogP contribution in [0.1, 0.15) is 345 Å². The highest BCUT2D eigenvalue weighted by Gasteiger charge is 2.56. The molecule has 2 saturated carbocycles. The van der Waals surface area contributed by atoms with E-state index in [-0.39, 0.29) is 60.6 Å². The molecule has 8 heterocycles. The van der Waals surface area contributed by atoms with Gasteiger partial charge in [0.2, 0.25) is 0 Å². The van der Waals surface area contributed by atoms with Crippen LogP contribution in [-0.2, 0) is 51.7 Å². The van der Waals surface area contributed by atoms with Crippen molar-refractivity contribution in [3.05, 3.63) is 155 Å². The Labute approximate surface area is 681 Å². The molecule has 20 heteroatoms. The monoisotopic (exact) mass is 1580 g/mol. The lowest BCUT2D eigenvalue weighted by Crippen LogP contribution is -2.24. The Morgan fingerprint density at radius 1 is 0.582 bits per heavy atom. The smallest absolute Gasteiger partial charge is 0.116 e. The van der Waals surface area contributed by atoms with Crippen LogP contribution in [0.2, 0.25) is 0 Å². The molecule has 3 atom stereocenters. The fourth-order valence-electron chi connectivity index (χ4n) is 12.9. The van der Waals surface area contributed by atoms with E-state index in [1.54, 1.807) is 53.7 Å². The number of aryl methyl sites for hydroxylation is 8. The Kier molecular flexibility index (Phi) is 37.9. The molecule has 0 N–H and O–H groups in total. The van der Waals surface area contributed by atoms with E-state index < -0.39 is 11.3 Å². The number of allylic oxidation sites excluding steroid dienone is 1. The van der Waals surface area contributed by atoms with Gasteiger partial charge < -0.3 is 4.57 Å². The summed E-state index contributed by atoms with van der Waals surface area (Å²) < 4.78 is 42.3. The van der Waals surface area contributed by atoms with E-state index in [0.29, 0.717) is 11.8 Å². The first-order chi connectivity index (χ1) is 49.5. The summed E-state index contributed by atoms with van der Waals surface area (Å²) in [4.78, 5) is 12.7. The third-order valence-electron chi connectivity index (χ3n) is 18.8. The van der Waals surface area contributed by atoms with Crippen molar-refractivity contribution in [3.8, 4) is 0 Å². The second kappa shape index (κ2) is 40.8. The van der Waals surface area contributed by atoms with E-state index in [2.05, 4.69) is 333 Å². The number of benzene rings is 1. The standard InChI is InChI=1S/C10H14.2C9H16N2.2C9H15NS.C8H15F.C8H14N2.C8H13NS.C7H13F.C7H13N3.C6H11N3/c1-8(2)10-7-5-4-6-9(10)3;1-7-6-10-11(5)8(7)9(2,3)4;1-6-8(9(3,4)5)7(2)11-10-6;1-6-7(2)10-11-8(6)9(3,4)5;1-5-7-8(9(2,3)4)11-6-10-7;1-7(2,3)6-5-8(6,4)9;1-7-9-5-6-10(7)8(2,3)4;1-6-5-9-10-7(6)8(2,3)4;1-6(2,3)7(8)4-5-7;1-6-5-8-9-10(6)7(2,3)4;1-6(2,3)9-5-4-7-8-9/h4-8H,1-3H3;2*6H,1-5H3;1-5H3;6H,5H2,1-4H3;6H,5H2,1-4H3;5-6H,1-4H3;5H,1-4H3;4-5H2,1-3H3;5H,1-4H3;4-5H,1-3H3. The highest BCUT2D eigenvalue weighted by Crippen LogP contribution is 2.56. The van der Waals surface area contributed by atoms with Crippen LogP contribution in [-0.4, -0.2) is 80.4 Å². The third-order valence-corrected chi connectivity index (χ3v) is 22.9. The van der Waals surface area contributed by atoms with Gasteiger partial charge in [0.1, 0.15) is 17.2 Å². The third kappa shape index (κ3) is 34.4. The molecular weight excluding hydrogens is 1430 g/mol. The lowest BCUT2D eigenvalue weighted by atomic mass is 9.82. The van der Waals surface area contributed by atoms with Crippen LogP contribution in [0.25, 0.3) is 0 Å². The fourth-order valence-corrected chi connectivity index (χ4v) is 15.6. The summed E-state index contributed by atoms with van der Waals surface area (Å²) >= 11 is 5.01. The number of thiazole rings is 1. The second-order valence-corrected chi connectivity index (χ2v) is 43.0. The zero-order chi connectivity index (χ0) is 85.9. The lowest BCUT2D eigenvalue weighted by molar-refractivity contribution is 0.137. The summed E-state index contributed by atoms with van der Waals surface area (Å²) in [5, 5.41) is 27.7. The van der Waals surface area contributed by atoms with Gasteiger partial charge >= 0.3 is 0 Å². The molecule has 110 heavy (non-hydrogen) atoms. The molecule has 2 aliphatic carbocycles. The number of rotatable bonds is 2. The molecule has 15 nitrogen and oxygen atoms in total. The van der Waals surface area contributed by atoms with Crippen LogP contribution in [0, 0.1) is 70.6 Å². The van der Waals surface area contributed by atoms with Gasteiger partial charge in [0.05, 0.1) is 64.0 Å². The Morgan fingerprint density at radius 3 is 1.32 bits per heavy atom. The largest absolute Gasteiger partial charge is 0.330 e. The van der Waals surface area contributed by atoms with Gasteiger partial charge in [-0.2, -0.15) is 19.7 Å². The maximum atomic E-state index is 13.0. The highest BCUT2D eigenvalue weighted by molar-refractivity contribution is 7.10. The zero-order valence-corrected chi connectivity index (χ0v) is 80.1. The van der Waals surface area contributed by atoms with Gasteiger partial charge in [0.15, 0.2) is 0 Å². The summed E-state index contributed by atoms with van der Waals surface area (Å²) in [6.45, 7) is 91.6. The van der Waals surface area contributed by atoms with Gasteiger partial charge in [-0.15, -0.1) is 21.5 Å². The molecule has 0 spiro atoms. The molecule has 7 aromatic heterocycles. The molecular formula is C90H155F2N15S3. The average Bonchev–Trinajstić information content (AvgIpc) is 1.60. The molecule has 2 fully saturated rings. The summed E-state index contributed by atoms with van der Waals surface area (Å²) in [5.41, 5.74) is 16.0. The summed E-state index contributed by atoms with van der Waals surface area (Å²) in [6, 6.07) is 8.83. The van der Waals surface area contributed by atoms with Crippen molar-refractivity contribution in [1.82, 2.24) is 63.1 Å². The van der Waals surface area contributed by atoms with Gasteiger partial charge in [-0.3, -0.25) is 4.68 Å². The van der Waals surface area contributed by atoms with Crippen molar-refractivity contribution in [2.75, 3.05) is 0 Å². The van der Waals surface area contributed by atoms with E-state index in [4.69, 9.17) is 0 Å². The van der Waals surface area contributed by atoms with E-state index in [1.807, 2.05) is 99.1 Å². The minimum atomic E-state index is -0.849. The van der Waals surface area contributed by atoms with Crippen molar-refractivity contribution in [3.63, 3.8) is 0 Å². The SMILES string of the molecule is CC(C)(C)C1(F)CC1.CC(C)(C)C1CC1(C)F.CC(C)(C)n1ccnn1.CC1=C(C(C)(C)C)C(C)N=N1.CCc1ncsc1C(C)(C)C.Cc1ccccc1C(C)C.Cc1cnn(C)c1C(C)(C)C.Cc1cnnn1C(C)(C)C.Cc1cnsc1C(C)(C)C.Cc1nccn1C(C)(C)C.Cc1nsc(C(C)(C)C)c1C. The number of hydrogen-bond donors (Lipinski definition) is 0.